The summed E-state index contributed by atoms with van der Waals surface area (Å²) in [5, 5.41) is 0. The maximum absolute atomic E-state index is 12.1. The highest BCUT2D eigenvalue weighted by atomic mass is 19.4. The van der Waals surface area contributed by atoms with Crippen molar-refractivity contribution in [3.63, 3.8) is 0 Å². The van der Waals surface area contributed by atoms with Crippen LogP contribution < -0.4 is 0 Å². The van der Waals surface area contributed by atoms with Crippen LogP contribution in [0.5, 0.6) is 0 Å². The average Bonchev–Trinajstić information content (AvgIpc) is 3.00. The summed E-state index contributed by atoms with van der Waals surface area (Å²) < 4.78 is 47.7. The predicted octanol–water partition coefficient (Wildman–Crippen LogP) is 5.35. The molecule has 1 heterocycles. The Labute approximate surface area is 140 Å². The fourth-order valence-corrected chi connectivity index (χ4v) is 3.10. The van der Waals surface area contributed by atoms with Gasteiger partial charge in [-0.05, 0) is 29.5 Å². The molecule has 24 heavy (non-hydrogen) atoms. The van der Waals surface area contributed by atoms with E-state index in [1.807, 2.05) is 24.3 Å². The monoisotopic (exact) mass is 338 g/mol. The first-order valence-electron chi connectivity index (χ1n) is 8.27. The lowest BCUT2D eigenvalue weighted by atomic mass is 9.89. The van der Waals surface area contributed by atoms with Crippen LogP contribution >= 0.6 is 0 Å². The van der Waals surface area contributed by atoms with Crippen molar-refractivity contribution in [3.05, 3.63) is 47.5 Å². The minimum Gasteiger partial charge on any atom is -0.347 e. The van der Waals surface area contributed by atoms with Gasteiger partial charge < -0.3 is 9.47 Å². The number of hydrogen-bond donors (Lipinski definition) is 0. The van der Waals surface area contributed by atoms with Crippen molar-refractivity contribution in [3.8, 4) is 0 Å². The number of ether oxygens (including phenoxy) is 2. The third-order valence-corrected chi connectivity index (χ3v) is 4.43. The van der Waals surface area contributed by atoms with Crippen molar-refractivity contribution in [2.24, 2.45) is 0 Å². The van der Waals surface area contributed by atoms with E-state index in [9.17, 15) is 13.2 Å². The molecule has 0 radical (unpaired) electrons. The van der Waals surface area contributed by atoms with Crippen molar-refractivity contribution in [1.29, 1.82) is 0 Å². The van der Waals surface area contributed by atoms with E-state index >= 15 is 0 Å². The summed E-state index contributed by atoms with van der Waals surface area (Å²) in [6.07, 6.45) is 3.15. The molecule has 1 aromatic carbocycles. The Hall–Kier alpha value is -1.59. The van der Waals surface area contributed by atoms with E-state index in [4.69, 9.17) is 9.47 Å². The van der Waals surface area contributed by atoms with Crippen molar-refractivity contribution < 1.29 is 22.6 Å². The number of rotatable bonds is 4. The van der Waals surface area contributed by atoms with Gasteiger partial charge in [-0.15, -0.1) is 0 Å². The average molecular weight is 338 g/mol. The molecule has 1 aliphatic heterocycles. The van der Waals surface area contributed by atoms with Crippen LogP contribution in [0.4, 0.5) is 13.2 Å². The van der Waals surface area contributed by atoms with Crippen LogP contribution in [0.3, 0.4) is 0 Å². The molecule has 1 aromatic rings. The van der Waals surface area contributed by atoms with Gasteiger partial charge in [-0.3, -0.25) is 0 Å². The zero-order valence-corrected chi connectivity index (χ0v) is 13.4. The molecule has 0 N–H and O–H groups in total. The van der Waals surface area contributed by atoms with Crippen molar-refractivity contribution in [1.82, 2.24) is 0 Å². The number of allylic oxidation sites excluding steroid dienone is 2. The predicted molar refractivity (Wildman–Crippen MR) is 87.2 cm³/mol. The van der Waals surface area contributed by atoms with E-state index in [0.717, 1.165) is 30.4 Å². The quantitative estimate of drug-likeness (QED) is 0.736. The van der Waals surface area contributed by atoms with Crippen molar-refractivity contribution in [2.75, 3.05) is 13.2 Å². The molecule has 3 rings (SSSR count). The highest BCUT2D eigenvalue weighted by Crippen LogP contribution is 2.38. The van der Waals surface area contributed by atoms with Crippen LogP contribution in [0.25, 0.3) is 11.6 Å². The summed E-state index contributed by atoms with van der Waals surface area (Å²) in [6, 6.07) is 7.91. The fraction of sp³-hybridized carbons (Fsp3) is 0.474. The molecule has 1 fully saturated rings. The van der Waals surface area contributed by atoms with Crippen LogP contribution in [0.15, 0.2) is 36.4 Å². The Morgan fingerprint density at radius 3 is 2.38 bits per heavy atom. The van der Waals surface area contributed by atoms with Crippen LogP contribution in [-0.2, 0) is 9.47 Å². The van der Waals surface area contributed by atoms with Gasteiger partial charge in [0.15, 0.2) is 5.79 Å². The maximum Gasteiger partial charge on any atom is 0.389 e. The van der Waals surface area contributed by atoms with E-state index in [-0.39, 0.29) is 6.42 Å². The van der Waals surface area contributed by atoms with Crippen LogP contribution in [0.1, 0.15) is 43.2 Å². The van der Waals surface area contributed by atoms with Gasteiger partial charge in [0, 0.05) is 19.3 Å². The molecule has 130 valence electrons. The van der Waals surface area contributed by atoms with Gasteiger partial charge >= 0.3 is 6.18 Å². The van der Waals surface area contributed by atoms with Gasteiger partial charge in [-0.25, -0.2) is 0 Å². The summed E-state index contributed by atoms with van der Waals surface area (Å²) >= 11 is 0. The molecular formula is C19H21F3O2. The summed E-state index contributed by atoms with van der Waals surface area (Å²) in [6.45, 7) is 1.33. The van der Waals surface area contributed by atoms with Crippen molar-refractivity contribution in [2.45, 2.75) is 44.1 Å². The van der Waals surface area contributed by atoms with Crippen LogP contribution in [-0.4, -0.2) is 25.2 Å². The Morgan fingerprint density at radius 2 is 1.79 bits per heavy atom. The third kappa shape index (κ3) is 4.48. The van der Waals surface area contributed by atoms with E-state index in [1.165, 1.54) is 5.57 Å². The Bertz CT molecular complexity index is 608. The molecule has 2 aliphatic rings. The smallest absolute Gasteiger partial charge is 0.347 e. The lowest BCUT2D eigenvalue weighted by Crippen LogP contribution is -2.31. The van der Waals surface area contributed by atoms with Gasteiger partial charge in [0.2, 0.25) is 0 Å². The SMILES string of the molecule is FC(F)(F)CC/C=C/c1ccc(C2=CCC3(CC2)OCCO3)cc1. The zero-order valence-electron chi connectivity index (χ0n) is 13.4. The number of halogens is 3. The minimum absolute atomic E-state index is 0.0124. The molecule has 0 atom stereocenters. The Kier molecular flexibility index (Phi) is 5.11. The second-order valence-corrected chi connectivity index (χ2v) is 6.22. The standard InChI is InChI=1S/C19H21F3O2/c20-19(21,22)10-2-1-3-15-4-6-16(7-5-15)17-8-11-18(12-9-17)23-13-14-24-18/h1,3-8H,2,9-14H2/b3-1+. The number of hydrogen-bond acceptors (Lipinski definition) is 2. The first kappa shape index (κ1) is 17.2. The summed E-state index contributed by atoms with van der Waals surface area (Å²) in [4.78, 5) is 0. The highest BCUT2D eigenvalue weighted by molar-refractivity contribution is 5.68. The van der Waals surface area contributed by atoms with Crippen LogP contribution in [0, 0.1) is 0 Å². The lowest BCUT2D eigenvalue weighted by molar-refractivity contribution is -0.159. The van der Waals surface area contributed by atoms with E-state index in [0.29, 0.717) is 13.2 Å². The van der Waals surface area contributed by atoms with Gasteiger partial charge in [0.25, 0.3) is 0 Å². The molecule has 0 saturated carbocycles. The van der Waals surface area contributed by atoms with E-state index < -0.39 is 18.4 Å². The molecule has 0 aromatic heterocycles. The summed E-state index contributed by atoms with van der Waals surface area (Å²) in [7, 11) is 0. The minimum atomic E-state index is -4.09. The van der Waals surface area contributed by atoms with E-state index in [2.05, 4.69) is 6.08 Å². The fourth-order valence-electron chi connectivity index (χ4n) is 3.10. The highest BCUT2D eigenvalue weighted by Gasteiger charge is 2.37. The number of alkyl halides is 3. The maximum atomic E-state index is 12.1. The molecular weight excluding hydrogens is 317 g/mol. The third-order valence-electron chi connectivity index (χ3n) is 4.43. The largest absolute Gasteiger partial charge is 0.389 e. The van der Waals surface area contributed by atoms with Gasteiger partial charge in [0.05, 0.1) is 13.2 Å². The van der Waals surface area contributed by atoms with Gasteiger partial charge in [-0.2, -0.15) is 13.2 Å². The molecule has 1 spiro atoms. The summed E-state index contributed by atoms with van der Waals surface area (Å²) in [5.74, 6) is -0.412. The van der Waals surface area contributed by atoms with E-state index in [1.54, 1.807) is 12.2 Å². The van der Waals surface area contributed by atoms with Crippen LogP contribution in [0.2, 0.25) is 0 Å². The molecule has 0 amide bonds. The molecule has 1 saturated heterocycles. The lowest BCUT2D eigenvalue weighted by Gasteiger charge is -2.30. The second kappa shape index (κ2) is 7.11. The van der Waals surface area contributed by atoms with Gasteiger partial charge in [-0.1, -0.05) is 42.5 Å². The molecule has 5 heteroatoms. The molecule has 0 bridgehead atoms. The molecule has 1 aliphatic carbocycles. The first-order valence-corrected chi connectivity index (χ1v) is 8.27. The zero-order chi connectivity index (χ0) is 17.0. The normalized spacial score (nSPS) is 20.7. The Morgan fingerprint density at radius 1 is 1.08 bits per heavy atom. The van der Waals surface area contributed by atoms with Crippen molar-refractivity contribution >= 4 is 11.6 Å². The molecule has 0 unspecified atom stereocenters. The first-order chi connectivity index (χ1) is 11.5. The molecule has 2 nitrogen and oxygen atoms in total. The number of benzene rings is 1. The topological polar surface area (TPSA) is 18.5 Å². The summed E-state index contributed by atoms with van der Waals surface area (Å²) in [5.41, 5.74) is 3.33. The second-order valence-electron chi connectivity index (χ2n) is 6.22. The Balaban J connectivity index is 1.57. The van der Waals surface area contributed by atoms with Gasteiger partial charge in [0.1, 0.15) is 0 Å².